The van der Waals surface area contributed by atoms with E-state index in [0.29, 0.717) is 0 Å². The van der Waals surface area contributed by atoms with Crippen LogP contribution in [0.2, 0.25) is 0 Å². The summed E-state index contributed by atoms with van der Waals surface area (Å²) in [5, 5.41) is 0. The molecule has 1 nitrogen and oxygen atoms in total. The summed E-state index contributed by atoms with van der Waals surface area (Å²) in [6, 6.07) is 19.9. The smallest absolute Gasteiger partial charge is 0.184 e. The van der Waals surface area contributed by atoms with Gasteiger partial charge in [-0.2, -0.15) is 0 Å². The number of rotatable bonds is 5. The van der Waals surface area contributed by atoms with Gasteiger partial charge in [0.25, 0.3) is 0 Å². The maximum absolute atomic E-state index is 12.5. The molecule has 1 heteroatoms. The molecule has 21 heavy (non-hydrogen) atoms. The lowest BCUT2D eigenvalue weighted by Gasteiger charge is -2.05. The Hall–Kier alpha value is -2.41. The molecule has 0 unspecified atom stereocenters. The molecule has 0 spiro atoms. The lowest BCUT2D eigenvalue weighted by molar-refractivity contribution is -0.112. The Bertz CT molecular complexity index is 649. The van der Waals surface area contributed by atoms with Crippen LogP contribution in [0.15, 0.2) is 71.8 Å². The molecule has 0 aliphatic carbocycles. The van der Waals surface area contributed by atoms with Crippen molar-refractivity contribution in [2.24, 2.45) is 0 Å². The van der Waals surface area contributed by atoms with Crippen molar-refractivity contribution < 1.29 is 4.79 Å². The van der Waals surface area contributed by atoms with Crippen LogP contribution in [0.5, 0.6) is 0 Å². The Morgan fingerprint density at radius 2 is 1.33 bits per heavy atom. The summed E-state index contributed by atoms with van der Waals surface area (Å²) in [7, 11) is 0. The number of carbonyl (C=O) groups excluding carboxylic acids is 1. The minimum atomic E-state index is 0.116. The van der Waals surface area contributed by atoms with Gasteiger partial charge in [0.2, 0.25) is 0 Å². The largest absolute Gasteiger partial charge is 0.289 e. The van der Waals surface area contributed by atoms with E-state index in [4.69, 9.17) is 0 Å². The van der Waals surface area contributed by atoms with Gasteiger partial charge in [-0.15, -0.1) is 0 Å². The highest BCUT2D eigenvalue weighted by Crippen LogP contribution is 2.16. The summed E-state index contributed by atoms with van der Waals surface area (Å²) < 4.78 is 0. The number of carbonyl (C=O) groups is 1. The number of ketones is 1. The van der Waals surface area contributed by atoms with Gasteiger partial charge in [0.05, 0.1) is 0 Å². The van der Waals surface area contributed by atoms with Crippen molar-refractivity contribution in [1.29, 1.82) is 0 Å². The Morgan fingerprint density at radius 3 is 1.81 bits per heavy atom. The van der Waals surface area contributed by atoms with Crippen molar-refractivity contribution in [3.63, 3.8) is 0 Å². The summed E-state index contributed by atoms with van der Waals surface area (Å²) in [5.41, 5.74) is 3.73. The standard InChI is InChI=1S/C20H20O/c1-3-19(15-18-12-8-5-9-13-18)20(21)16(2)14-17-10-6-4-7-11-17/h4-15H,3H2,1-2H3. The van der Waals surface area contributed by atoms with Crippen LogP contribution in [-0.4, -0.2) is 5.78 Å². The number of hydrogen-bond acceptors (Lipinski definition) is 1. The third-order valence-corrected chi connectivity index (χ3v) is 3.35. The first-order valence-corrected chi connectivity index (χ1v) is 7.24. The van der Waals surface area contributed by atoms with Gasteiger partial charge in [0.1, 0.15) is 0 Å². The van der Waals surface area contributed by atoms with Crippen LogP contribution in [0.3, 0.4) is 0 Å². The summed E-state index contributed by atoms with van der Waals surface area (Å²) in [4.78, 5) is 12.5. The molecule has 0 bridgehead atoms. The van der Waals surface area contributed by atoms with Crippen molar-refractivity contribution in [2.45, 2.75) is 20.3 Å². The Balaban J connectivity index is 2.24. The zero-order valence-corrected chi connectivity index (χ0v) is 12.5. The summed E-state index contributed by atoms with van der Waals surface area (Å²) in [6.45, 7) is 3.90. The monoisotopic (exact) mass is 276 g/mol. The minimum absolute atomic E-state index is 0.116. The molecule has 0 heterocycles. The molecule has 0 fully saturated rings. The van der Waals surface area contributed by atoms with Crippen LogP contribution in [0.25, 0.3) is 12.2 Å². The maximum atomic E-state index is 12.5. The zero-order chi connectivity index (χ0) is 15.1. The first-order valence-electron chi connectivity index (χ1n) is 7.24. The lowest BCUT2D eigenvalue weighted by Crippen LogP contribution is -2.03. The van der Waals surface area contributed by atoms with Gasteiger partial charge in [-0.05, 0) is 42.2 Å². The molecule has 2 aromatic carbocycles. The average Bonchev–Trinajstić information content (AvgIpc) is 2.54. The number of allylic oxidation sites excluding steroid dienone is 2. The van der Waals surface area contributed by atoms with E-state index >= 15 is 0 Å². The molecule has 106 valence electrons. The quantitative estimate of drug-likeness (QED) is 0.690. The topological polar surface area (TPSA) is 17.1 Å². The van der Waals surface area contributed by atoms with E-state index in [9.17, 15) is 4.79 Å². The van der Waals surface area contributed by atoms with Crippen LogP contribution in [-0.2, 0) is 4.79 Å². The van der Waals surface area contributed by atoms with Crippen LogP contribution in [0.4, 0.5) is 0 Å². The second-order valence-electron chi connectivity index (χ2n) is 5.00. The van der Waals surface area contributed by atoms with Crippen molar-refractivity contribution in [1.82, 2.24) is 0 Å². The van der Waals surface area contributed by atoms with E-state index in [1.165, 1.54) is 0 Å². The molecule has 0 aromatic heterocycles. The fraction of sp³-hybridized carbons (Fsp3) is 0.150. The van der Waals surface area contributed by atoms with Crippen molar-refractivity contribution in [3.8, 4) is 0 Å². The maximum Gasteiger partial charge on any atom is 0.184 e. The van der Waals surface area contributed by atoms with Gasteiger partial charge in [0, 0.05) is 5.57 Å². The van der Waals surface area contributed by atoms with Gasteiger partial charge in [-0.25, -0.2) is 0 Å². The van der Waals surface area contributed by atoms with E-state index in [2.05, 4.69) is 0 Å². The fourth-order valence-corrected chi connectivity index (χ4v) is 2.20. The van der Waals surface area contributed by atoms with Crippen LogP contribution >= 0.6 is 0 Å². The first kappa shape index (κ1) is 15.0. The molecule has 0 radical (unpaired) electrons. The van der Waals surface area contributed by atoms with Crippen LogP contribution in [0, 0.1) is 0 Å². The lowest BCUT2D eigenvalue weighted by atomic mass is 9.98. The van der Waals surface area contributed by atoms with Crippen molar-refractivity contribution >= 4 is 17.9 Å². The van der Waals surface area contributed by atoms with E-state index in [-0.39, 0.29) is 5.78 Å². The van der Waals surface area contributed by atoms with Gasteiger partial charge in [-0.3, -0.25) is 4.79 Å². The van der Waals surface area contributed by atoms with Gasteiger partial charge in [-0.1, -0.05) is 67.6 Å². The molecule has 0 saturated heterocycles. The van der Waals surface area contributed by atoms with E-state index in [0.717, 1.165) is 28.7 Å². The predicted molar refractivity (Wildman–Crippen MR) is 89.8 cm³/mol. The molecule has 2 rings (SSSR count). The predicted octanol–water partition coefficient (Wildman–Crippen LogP) is 5.15. The normalized spacial score (nSPS) is 12.3. The first-order chi connectivity index (χ1) is 10.2. The molecule has 0 aliphatic rings. The highest BCUT2D eigenvalue weighted by molar-refractivity contribution is 6.12. The molecule has 0 saturated carbocycles. The van der Waals surface area contributed by atoms with Crippen LogP contribution in [0.1, 0.15) is 31.4 Å². The number of benzene rings is 2. The molecule has 0 atom stereocenters. The fourth-order valence-electron chi connectivity index (χ4n) is 2.20. The molecular formula is C20H20O. The Labute approximate surface area is 126 Å². The Morgan fingerprint density at radius 1 is 0.857 bits per heavy atom. The molecule has 0 N–H and O–H groups in total. The van der Waals surface area contributed by atoms with Gasteiger partial charge < -0.3 is 0 Å². The van der Waals surface area contributed by atoms with Crippen molar-refractivity contribution in [2.75, 3.05) is 0 Å². The van der Waals surface area contributed by atoms with E-state index in [1.54, 1.807) is 0 Å². The average molecular weight is 276 g/mol. The number of hydrogen-bond donors (Lipinski definition) is 0. The zero-order valence-electron chi connectivity index (χ0n) is 12.5. The summed E-state index contributed by atoms with van der Waals surface area (Å²) in [6.07, 6.45) is 4.65. The molecule has 0 amide bonds. The van der Waals surface area contributed by atoms with E-state index < -0.39 is 0 Å². The summed E-state index contributed by atoms with van der Waals surface area (Å²) in [5.74, 6) is 0.116. The Kier molecular flexibility index (Phi) is 5.28. The van der Waals surface area contributed by atoms with Gasteiger partial charge >= 0.3 is 0 Å². The third kappa shape index (κ3) is 4.28. The highest BCUT2D eigenvalue weighted by atomic mass is 16.1. The SMILES string of the molecule is CCC(=Cc1ccccc1)C(=O)C(C)=Cc1ccccc1. The molecular weight excluding hydrogens is 256 g/mol. The molecule has 2 aromatic rings. The highest BCUT2D eigenvalue weighted by Gasteiger charge is 2.10. The second-order valence-corrected chi connectivity index (χ2v) is 5.00. The van der Waals surface area contributed by atoms with Crippen LogP contribution < -0.4 is 0 Å². The third-order valence-electron chi connectivity index (χ3n) is 3.35. The summed E-state index contributed by atoms with van der Waals surface area (Å²) >= 11 is 0. The molecule has 0 aliphatic heterocycles. The minimum Gasteiger partial charge on any atom is -0.289 e. The second kappa shape index (κ2) is 7.39. The van der Waals surface area contributed by atoms with Gasteiger partial charge in [0.15, 0.2) is 5.78 Å². The van der Waals surface area contributed by atoms with E-state index in [1.807, 2.05) is 86.7 Å². The van der Waals surface area contributed by atoms with Crippen molar-refractivity contribution in [3.05, 3.63) is 82.9 Å². The number of Topliss-reactive ketones (excluding diaryl/α,β-unsaturated/α-hetero) is 1.